The highest BCUT2D eigenvalue weighted by Gasteiger charge is 2.32. The van der Waals surface area contributed by atoms with Crippen molar-refractivity contribution in [2.24, 2.45) is 0 Å². The van der Waals surface area contributed by atoms with E-state index in [1.807, 2.05) is 0 Å². The molecule has 0 aliphatic carbocycles. The Labute approximate surface area is 229 Å². The van der Waals surface area contributed by atoms with Crippen LogP contribution in [0.3, 0.4) is 0 Å². The number of methoxy groups -OCH3 is 1. The molecule has 2 saturated heterocycles. The summed E-state index contributed by atoms with van der Waals surface area (Å²) in [5, 5.41) is 7.74. The first-order valence-corrected chi connectivity index (χ1v) is 15.2. The number of ether oxygens (including phenoxy) is 1. The van der Waals surface area contributed by atoms with Crippen LogP contribution in [-0.2, 0) is 10.0 Å². The van der Waals surface area contributed by atoms with E-state index < -0.39 is 10.0 Å². The van der Waals surface area contributed by atoms with Crippen molar-refractivity contribution in [1.29, 1.82) is 0 Å². The van der Waals surface area contributed by atoms with Crippen LogP contribution in [0.4, 0.5) is 17.5 Å². The summed E-state index contributed by atoms with van der Waals surface area (Å²) < 4.78 is 34.2. The van der Waals surface area contributed by atoms with Crippen molar-refractivity contribution in [3.63, 3.8) is 0 Å². The molecule has 0 bridgehead atoms. The highest BCUT2D eigenvalue weighted by molar-refractivity contribution is 7.89. The van der Waals surface area contributed by atoms with Gasteiger partial charge in [0.15, 0.2) is 0 Å². The molecule has 206 valence electrons. The Kier molecular flexibility index (Phi) is 8.27. The van der Waals surface area contributed by atoms with E-state index in [4.69, 9.17) is 16.3 Å². The van der Waals surface area contributed by atoms with E-state index in [1.54, 1.807) is 28.7 Å². The number of H-pyrrole nitrogens is 1. The predicted octanol–water partition coefficient (Wildman–Crippen LogP) is 4.82. The summed E-state index contributed by atoms with van der Waals surface area (Å²) in [5.74, 6) is 1.35. The maximum absolute atomic E-state index is 13.5. The minimum Gasteiger partial charge on any atom is -0.495 e. The van der Waals surface area contributed by atoms with Gasteiger partial charge in [-0.2, -0.15) is 14.3 Å². The van der Waals surface area contributed by atoms with Gasteiger partial charge < -0.3 is 25.3 Å². The summed E-state index contributed by atoms with van der Waals surface area (Å²) in [6, 6.07) is 5.35. The maximum atomic E-state index is 13.5. The molecule has 3 aromatic rings. The monoisotopic (exact) mass is 561 g/mol. The van der Waals surface area contributed by atoms with Crippen molar-refractivity contribution in [3.05, 3.63) is 29.4 Å². The second-order valence-electron chi connectivity index (χ2n) is 9.90. The Hall–Kier alpha value is -2.60. The molecule has 0 amide bonds. The first-order chi connectivity index (χ1) is 18.4. The SMILES string of the molecule is CCCNc1nc(Nc2ccc(S(=O)(=O)N3CCC(N4CCCCC4)CC3)cc2OC)nc2[nH]cc(Cl)c12. The average Bonchev–Trinajstić information content (AvgIpc) is 3.32. The largest absolute Gasteiger partial charge is 0.495 e. The first-order valence-electron chi connectivity index (χ1n) is 13.4. The third-order valence-electron chi connectivity index (χ3n) is 7.41. The van der Waals surface area contributed by atoms with Crippen LogP contribution in [0.1, 0.15) is 45.4 Å². The second-order valence-corrected chi connectivity index (χ2v) is 12.2. The molecule has 4 heterocycles. The average molecular weight is 562 g/mol. The molecule has 1 aromatic carbocycles. The lowest BCUT2D eigenvalue weighted by atomic mass is 10.0. The number of nitrogens with one attached hydrogen (secondary N) is 3. The number of aromatic nitrogens is 3. The number of sulfonamides is 1. The number of benzene rings is 1. The Morgan fingerprint density at radius 3 is 2.61 bits per heavy atom. The van der Waals surface area contributed by atoms with Crippen molar-refractivity contribution >= 4 is 50.1 Å². The van der Waals surface area contributed by atoms with Gasteiger partial charge in [0, 0.05) is 37.9 Å². The molecule has 0 unspecified atom stereocenters. The standard InChI is InChI=1S/C26H36ClN7O3S/c1-3-11-28-24-23-20(27)17-29-25(23)32-26(31-24)30-21-8-7-19(16-22(21)37-2)38(35,36)34-14-9-18(10-15-34)33-12-5-4-6-13-33/h7-8,16-18H,3-6,9-15H2,1-2H3,(H3,28,29,30,31,32). The topological polar surface area (TPSA) is 115 Å². The highest BCUT2D eigenvalue weighted by Crippen LogP contribution is 2.34. The van der Waals surface area contributed by atoms with E-state index in [1.165, 1.54) is 26.4 Å². The molecule has 38 heavy (non-hydrogen) atoms. The molecule has 2 aromatic heterocycles. The molecule has 0 saturated carbocycles. The fourth-order valence-electron chi connectivity index (χ4n) is 5.36. The lowest BCUT2D eigenvalue weighted by Crippen LogP contribution is -2.48. The van der Waals surface area contributed by atoms with Crippen LogP contribution < -0.4 is 15.4 Å². The maximum Gasteiger partial charge on any atom is 0.243 e. The number of hydrogen-bond acceptors (Lipinski definition) is 8. The normalized spacial score (nSPS) is 18.1. The molecule has 5 rings (SSSR count). The molecule has 0 radical (unpaired) electrons. The number of fused-ring (bicyclic) bond motifs is 1. The van der Waals surface area contributed by atoms with Crippen LogP contribution in [0.15, 0.2) is 29.3 Å². The Morgan fingerprint density at radius 2 is 1.89 bits per heavy atom. The predicted molar refractivity (Wildman–Crippen MR) is 151 cm³/mol. The minimum atomic E-state index is -3.64. The van der Waals surface area contributed by atoms with Gasteiger partial charge in [0.05, 0.1) is 28.1 Å². The van der Waals surface area contributed by atoms with Gasteiger partial charge in [0.25, 0.3) is 0 Å². The summed E-state index contributed by atoms with van der Waals surface area (Å²) in [7, 11) is -2.12. The van der Waals surface area contributed by atoms with Crippen molar-refractivity contribution in [1.82, 2.24) is 24.2 Å². The number of nitrogens with zero attached hydrogens (tertiary/aromatic N) is 4. The smallest absolute Gasteiger partial charge is 0.243 e. The van der Waals surface area contributed by atoms with Crippen LogP contribution in [0.5, 0.6) is 5.75 Å². The molecule has 0 atom stereocenters. The summed E-state index contributed by atoms with van der Waals surface area (Å²) in [6.07, 6.45) is 8.13. The zero-order chi connectivity index (χ0) is 26.7. The van der Waals surface area contributed by atoms with Crippen LogP contribution in [0.25, 0.3) is 11.0 Å². The summed E-state index contributed by atoms with van der Waals surface area (Å²) in [6.45, 7) is 6.14. The van der Waals surface area contributed by atoms with Crippen LogP contribution in [0.2, 0.25) is 5.02 Å². The van der Waals surface area contributed by atoms with E-state index >= 15 is 0 Å². The number of hydrogen-bond donors (Lipinski definition) is 3. The molecule has 2 aliphatic heterocycles. The zero-order valence-electron chi connectivity index (χ0n) is 22.0. The number of piperidine rings is 2. The number of anilines is 3. The third kappa shape index (κ3) is 5.56. The van der Waals surface area contributed by atoms with E-state index in [9.17, 15) is 8.42 Å². The first kappa shape index (κ1) is 27.0. The Morgan fingerprint density at radius 1 is 1.13 bits per heavy atom. The number of rotatable bonds is 9. The van der Waals surface area contributed by atoms with Gasteiger partial charge in [-0.1, -0.05) is 24.9 Å². The van der Waals surface area contributed by atoms with Crippen molar-refractivity contribution in [3.8, 4) is 5.75 Å². The summed E-state index contributed by atoms with van der Waals surface area (Å²) >= 11 is 6.33. The van der Waals surface area contributed by atoms with E-state index in [2.05, 4.69) is 37.4 Å². The molecular weight excluding hydrogens is 526 g/mol. The van der Waals surface area contributed by atoms with Gasteiger partial charge >= 0.3 is 0 Å². The lowest BCUT2D eigenvalue weighted by molar-refractivity contribution is 0.118. The van der Waals surface area contributed by atoms with Crippen LogP contribution in [-0.4, -0.2) is 78.5 Å². The van der Waals surface area contributed by atoms with E-state index in [0.717, 1.165) is 44.3 Å². The van der Waals surface area contributed by atoms with Crippen molar-refractivity contribution in [2.75, 3.05) is 50.5 Å². The van der Waals surface area contributed by atoms with Crippen molar-refractivity contribution in [2.45, 2.75) is 56.4 Å². The molecule has 2 aliphatic rings. The molecule has 12 heteroatoms. The molecule has 3 N–H and O–H groups in total. The third-order valence-corrected chi connectivity index (χ3v) is 9.61. The number of halogens is 1. The number of aromatic amines is 1. The van der Waals surface area contributed by atoms with Gasteiger partial charge in [0.1, 0.15) is 17.2 Å². The van der Waals surface area contributed by atoms with Gasteiger partial charge in [-0.25, -0.2) is 8.42 Å². The van der Waals surface area contributed by atoms with Gasteiger partial charge in [0.2, 0.25) is 16.0 Å². The minimum absolute atomic E-state index is 0.217. The zero-order valence-corrected chi connectivity index (χ0v) is 23.5. The molecule has 2 fully saturated rings. The fraction of sp³-hybridized carbons (Fsp3) is 0.538. The second kappa shape index (κ2) is 11.6. The fourth-order valence-corrected chi connectivity index (χ4v) is 7.08. The van der Waals surface area contributed by atoms with Crippen LogP contribution >= 0.6 is 11.6 Å². The molecule has 0 spiro atoms. The Balaban J connectivity index is 1.33. The van der Waals surface area contributed by atoms with E-state index in [-0.39, 0.29) is 4.90 Å². The lowest BCUT2D eigenvalue weighted by Gasteiger charge is -2.39. The molecule has 10 nitrogen and oxygen atoms in total. The van der Waals surface area contributed by atoms with Gasteiger partial charge in [-0.15, -0.1) is 0 Å². The summed E-state index contributed by atoms with van der Waals surface area (Å²) in [4.78, 5) is 15.0. The van der Waals surface area contributed by atoms with Gasteiger partial charge in [-0.05, 0) is 57.3 Å². The summed E-state index contributed by atoms with van der Waals surface area (Å²) in [5.41, 5.74) is 1.16. The van der Waals surface area contributed by atoms with Crippen LogP contribution in [0, 0.1) is 0 Å². The Bertz CT molecular complexity index is 1370. The highest BCUT2D eigenvalue weighted by atomic mass is 35.5. The van der Waals surface area contributed by atoms with Gasteiger partial charge in [-0.3, -0.25) is 0 Å². The quantitative estimate of drug-likeness (QED) is 0.340. The molecular formula is C26H36ClN7O3S. The van der Waals surface area contributed by atoms with Crippen molar-refractivity contribution < 1.29 is 13.2 Å². The van der Waals surface area contributed by atoms with E-state index in [0.29, 0.717) is 53.0 Å². The number of likely N-dealkylation sites (tertiary alicyclic amines) is 1.